The molecule has 2 saturated heterocycles. The van der Waals surface area contributed by atoms with Crippen LogP contribution in [0.15, 0.2) is 24.3 Å². The van der Waals surface area contributed by atoms with E-state index < -0.39 is 5.54 Å². The van der Waals surface area contributed by atoms with Gasteiger partial charge < -0.3 is 10.2 Å². The minimum atomic E-state index is -0.852. The van der Waals surface area contributed by atoms with Crippen LogP contribution in [0.5, 0.6) is 0 Å². The van der Waals surface area contributed by atoms with Gasteiger partial charge in [-0.2, -0.15) is 0 Å². The van der Waals surface area contributed by atoms with Crippen molar-refractivity contribution in [3.8, 4) is 0 Å². The Morgan fingerprint density at radius 3 is 2.32 bits per heavy atom. The predicted molar refractivity (Wildman–Crippen MR) is 93.6 cm³/mol. The summed E-state index contributed by atoms with van der Waals surface area (Å²) < 4.78 is 0. The van der Waals surface area contributed by atoms with E-state index in [0.29, 0.717) is 25.9 Å². The molecule has 0 aromatic heterocycles. The van der Waals surface area contributed by atoms with Crippen LogP contribution in [0.2, 0.25) is 0 Å². The summed E-state index contributed by atoms with van der Waals surface area (Å²) in [6.07, 6.45) is 0.945. The first kappa shape index (κ1) is 17.5. The van der Waals surface area contributed by atoms with Gasteiger partial charge in [0, 0.05) is 19.0 Å². The molecular formula is C19H25N3O3. The van der Waals surface area contributed by atoms with E-state index in [0.717, 1.165) is 11.1 Å². The van der Waals surface area contributed by atoms with Gasteiger partial charge in [0.05, 0.1) is 6.54 Å². The second-order valence-electron chi connectivity index (χ2n) is 7.37. The number of urea groups is 1. The average molecular weight is 343 g/mol. The van der Waals surface area contributed by atoms with Crippen LogP contribution in [0.4, 0.5) is 4.79 Å². The molecule has 2 fully saturated rings. The Kier molecular flexibility index (Phi) is 4.54. The van der Waals surface area contributed by atoms with Crippen molar-refractivity contribution < 1.29 is 14.4 Å². The molecule has 1 aromatic carbocycles. The van der Waals surface area contributed by atoms with Crippen LogP contribution in [0.3, 0.4) is 0 Å². The van der Waals surface area contributed by atoms with Crippen LogP contribution >= 0.6 is 0 Å². The van der Waals surface area contributed by atoms with Crippen LogP contribution in [-0.4, -0.2) is 46.3 Å². The van der Waals surface area contributed by atoms with E-state index in [1.54, 1.807) is 4.90 Å². The third kappa shape index (κ3) is 3.25. The number of nitrogens with zero attached hydrogens (tertiary/aromatic N) is 2. The number of hydrogen-bond donors (Lipinski definition) is 1. The third-order valence-electron chi connectivity index (χ3n) is 5.13. The van der Waals surface area contributed by atoms with Crippen molar-refractivity contribution in [3.05, 3.63) is 35.4 Å². The van der Waals surface area contributed by atoms with Gasteiger partial charge in [-0.3, -0.25) is 14.5 Å². The summed E-state index contributed by atoms with van der Waals surface area (Å²) in [4.78, 5) is 40.5. The lowest BCUT2D eigenvalue weighted by Crippen LogP contribution is -2.56. The Morgan fingerprint density at radius 1 is 1.16 bits per heavy atom. The number of amides is 4. The molecular weight excluding hydrogens is 318 g/mol. The van der Waals surface area contributed by atoms with Crippen molar-refractivity contribution >= 4 is 17.8 Å². The van der Waals surface area contributed by atoms with Gasteiger partial charge in [-0.1, -0.05) is 43.7 Å². The fraction of sp³-hybridized carbons (Fsp3) is 0.526. The molecule has 0 aliphatic carbocycles. The topological polar surface area (TPSA) is 69.7 Å². The molecule has 0 atom stereocenters. The van der Waals surface area contributed by atoms with Crippen molar-refractivity contribution in [1.29, 1.82) is 0 Å². The Labute approximate surface area is 148 Å². The lowest BCUT2D eigenvalue weighted by atomic mass is 9.87. The predicted octanol–water partition coefficient (Wildman–Crippen LogP) is 2.06. The van der Waals surface area contributed by atoms with Crippen LogP contribution in [0, 0.1) is 12.8 Å². The molecule has 1 spiro atoms. The minimum absolute atomic E-state index is 0.0547. The highest BCUT2D eigenvalue weighted by Crippen LogP contribution is 2.31. The molecule has 6 heteroatoms. The summed E-state index contributed by atoms with van der Waals surface area (Å²) >= 11 is 0. The quantitative estimate of drug-likeness (QED) is 0.854. The summed E-state index contributed by atoms with van der Waals surface area (Å²) in [6, 6.07) is 7.48. The summed E-state index contributed by atoms with van der Waals surface area (Å²) in [7, 11) is 0. The van der Waals surface area contributed by atoms with Crippen molar-refractivity contribution in [2.45, 2.75) is 45.7 Å². The number of carbonyl (C=O) groups is 3. The third-order valence-corrected chi connectivity index (χ3v) is 5.13. The fourth-order valence-corrected chi connectivity index (χ4v) is 3.51. The molecule has 25 heavy (non-hydrogen) atoms. The van der Waals surface area contributed by atoms with Crippen LogP contribution in [-0.2, 0) is 16.1 Å². The Balaban J connectivity index is 1.69. The van der Waals surface area contributed by atoms with Gasteiger partial charge in [0.2, 0.25) is 5.91 Å². The molecule has 2 aliphatic rings. The molecule has 134 valence electrons. The lowest BCUT2D eigenvalue weighted by Gasteiger charge is -2.38. The van der Waals surface area contributed by atoms with Crippen molar-refractivity contribution in [2.24, 2.45) is 5.92 Å². The summed E-state index contributed by atoms with van der Waals surface area (Å²) in [5.41, 5.74) is 1.22. The molecule has 3 rings (SSSR count). The van der Waals surface area contributed by atoms with Crippen molar-refractivity contribution in [2.75, 3.05) is 13.1 Å². The number of piperidine rings is 1. The normalized spacial score (nSPS) is 19.7. The minimum Gasteiger partial charge on any atom is -0.342 e. The number of benzene rings is 1. The maximum absolute atomic E-state index is 12.9. The molecule has 2 aliphatic heterocycles. The van der Waals surface area contributed by atoms with E-state index in [-0.39, 0.29) is 30.3 Å². The second-order valence-corrected chi connectivity index (χ2v) is 7.37. The molecule has 1 aromatic rings. The number of imide groups is 1. The lowest BCUT2D eigenvalue weighted by molar-refractivity contribution is -0.140. The van der Waals surface area contributed by atoms with Gasteiger partial charge in [0.15, 0.2) is 0 Å². The maximum atomic E-state index is 12.9. The van der Waals surface area contributed by atoms with Gasteiger partial charge in [-0.15, -0.1) is 0 Å². The van der Waals surface area contributed by atoms with E-state index in [1.165, 1.54) is 4.90 Å². The van der Waals surface area contributed by atoms with Crippen LogP contribution in [0.1, 0.15) is 37.8 Å². The van der Waals surface area contributed by atoms with Gasteiger partial charge in [0.25, 0.3) is 5.91 Å². The summed E-state index contributed by atoms with van der Waals surface area (Å²) in [5, 5.41) is 2.89. The van der Waals surface area contributed by atoms with Crippen molar-refractivity contribution in [1.82, 2.24) is 15.1 Å². The highest BCUT2D eigenvalue weighted by molar-refractivity contribution is 6.07. The molecule has 0 unspecified atom stereocenters. The maximum Gasteiger partial charge on any atom is 0.325 e. The standard InChI is InChI=1S/C19H25N3O3/c1-13(2)16(23)21-10-8-19(9-11-21)17(24)22(18(25)20-19)12-15-6-4-14(3)5-7-15/h4-7,13H,8-12H2,1-3H3,(H,20,25). The molecule has 0 bridgehead atoms. The van der Waals surface area contributed by atoms with Gasteiger partial charge in [-0.25, -0.2) is 4.79 Å². The first-order valence-corrected chi connectivity index (χ1v) is 8.81. The van der Waals surface area contributed by atoms with Crippen molar-refractivity contribution in [3.63, 3.8) is 0 Å². The van der Waals surface area contributed by atoms with Gasteiger partial charge in [-0.05, 0) is 25.3 Å². The highest BCUT2D eigenvalue weighted by Gasteiger charge is 2.52. The smallest absolute Gasteiger partial charge is 0.325 e. The molecule has 4 amide bonds. The van der Waals surface area contributed by atoms with E-state index in [1.807, 2.05) is 45.0 Å². The Hall–Kier alpha value is -2.37. The molecule has 0 radical (unpaired) electrons. The SMILES string of the molecule is Cc1ccc(CN2C(=O)NC3(CCN(C(=O)C(C)C)CC3)C2=O)cc1. The number of nitrogens with one attached hydrogen (secondary N) is 1. The van der Waals surface area contributed by atoms with Gasteiger partial charge >= 0.3 is 6.03 Å². The Morgan fingerprint density at radius 2 is 1.76 bits per heavy atom. The monoisotopic (exact) mass is 343 g/mol. The van der Waals surface area contributed by atoms with E-state index in [2.05, 4.69) is 5.32 Å². The number of aryl methyl sites for hydroxylation is 1. The molecule has 0 saturated carbocycles. The number of rotatable bonds is 3. The highest BCUT2D eigenvalue weighted by atomic mass is 16.2. The van der Waals surface area contributed by atoms with Crippen LogP contribution in [0.25, 0.3) is 0 Å². The number of hydrogen-bond acceptors (Lipinski definition) is 3. The molecule has 6 nitrogen and oxygen atoms in total. The number of carbonyl (C=O) groups excluding carboxylic acids is 3. The first-order chi connectivity index (χ1) is 11.8. The zero-order valence-corrected chi connectivity index (χ0v) is 15.0. The van der Waals surface area contributed by atoms with E-state index in [4.69, 9.17) is 0 Å². The number of likely N-dealkylation sites (tertiary alicyclic amines) is 1. The van der Waals surface area contributed by atoms with E-state index in [9.17, 15) is 14.4 Å². The zero-order chi connectivity index (χ0) is 18.2. The molecule has 2 heterocycles. The summed E-state index contributed by atoms with van der Waals surface area (Å²) in [5.74, 6) is -0.126. The zero-order valence-electron chi connectivity index (χ0n) is 15.0. The average Bonchev–Trinajstić information content (AvgIpc) is 2.81. The van der Waals surface area contributed by atoms with Crippen LogP contribution < -0.4 is 5.32 Å². The van der Waals surface area contributed by atoms with Gasteiger partial charge in [0.1, 0.15) is 5.54 Å². The Bertz CT molecular complexity index is 688. The second kappa shape index (κ2) is 6.50. The summed E-state index contributed by atoms with van der Waals surface area (Å²) in [6.45, 7) is 7.03. The van der Waals surface area contributed by atoms with E-state index >= 15 is 0 Å². The molecule has 1 N–H and O–H groups in total. The fourth-order valence-electron chi connectivity index (χ4n) is 3.51. The largest absolute Gasteiger partial charge is 0.342 e. The first-order valence-electron chi connectivity index (χ1n) is 8.81.